The second-order valence-corrected chi connectivity index (χ2v) is 17.0. The fourth-order valence-electron chi connectivity index (χ4n) is 10.2. The van der Waals surface area contributed by atoms with Gasteiger partial charge in [-0.15, -0.1) is 0 Å². The van der Waals surface area contributed by atoms with E-state index in [4.69, 9.17) is 0 Å². The van der Waals surface area contributed by atoms with Crippen LogP contribution in [0, 0.1) is 13.8 Å². The summed E-state index contributed by atoms with van der Waals surface area (Å²) in [6.07, 6.45) is 0. The van der Waals surface area contributed by atoms with Gasteiger partial charge in [-0.05, 0) is 128 Å². The van der Waals surface area contributed by atoms with Crippen LogP contribution in [0.4, 0.5) is 34.1 Å². The van der Waals surface area contributed by atoms with Gasteiger partial charge in [-0.25, -0.2) is 0 Å². The second-order valence-electron chi connectivity index (χ2n) is 17.0. The zero-order chi connectivity index (χ0) is 42.7. The van der Waals surface area contributed by atoms with Crippen LogP contribution in [0.3, 0.4) is 0 Å². The van der Waals surface area contributed by atoms with Crippen molar-refractivity contribution in [3.8, 4) is 22.3 Å². The minimum absolute atomic E-state index is 1.12. The number of hydrogen-bond acceptors (Lipinski definition) is 2. The second kappa shape index (κ2) is 15.3. The first-order valence-electron chi connectivity index (χ1n) is 22.2. The molecule has 0 heterocycles. The Labute approximate surface area is 373 Å². The minimum Gasteiger partial charge on any atom is -0.309 e. The smallest absolute Gasteiger partial charge is 0.0543 e. The molecule has 0 atom stereocenters. The van der Waals surface area contributed by atoms with E-state index in [1.54, 1.807) is 0 Å². The van der Waals surface area contributed by atoms with Crippen LogP contribution in [-0.2, 0) is 0 Å². The molecule has 12 aromatic carbocycles. The Bertz CT molecular complexity index is 3450. The monoisotopic (exact) mass is 816 g/mol. The molecule has 302 valence electrons. The zero-order valence-corrected chi connectivity index (χ0v) is 35.8. The van der Waals surface area contributed by atoms with Crippen LogP contribution in [-0.4, -0.2) is 0 Å². The van der Waals surface area contributed by atoms with Crippen LogP contribution in [0.15, 0.2) is 231 Å². The van der Waals surface area contributed by atoms with Crippen molar-refractivity contribution in [1.82, 2.24) is 0 Å². The third-order valence-corrected chi connectivity index (χ3v) is 13.2. The lowest BCUT2D eigenvalue weighted by molar-refractivity contribution is 1.30. The number of anilines is 6. The molecule has 0 aliphatic rings. The number of rotatable bonds is 8. The van der Waals surface area contributed by atoms with Crippen LogP contribution in [0.2, 0.25) is 0 Å². The van der Waals surface area contributed by atoms with Crippen LogP contribution in [0.5, 0.6) is 0 Å². The molecule has 0 radical (unpaired) electrons. The number of hydrogen-bond donors (Lipinski definition) is 0. The Morgan fingerprint density at radius 2 is 0.609 bits per heavy atom. The van der Waals surface area contributed by atoms with Crippen molar-refractivity contribution in [2.75, 3.05) is 9.80 Å². The van der Waals surface area contributed by atoms with E-state index in [1.165, 1.54) is 87.2 Å². The number of benzene rings is 12. The van der Waals surface area contributed by atoms with Gasteiger partial charge in [0.2, 0.25) is 0 Å². The van der Waals surface area contributed by atoms with Gasteiger partial charge in [-0.3, -0.25) is 0 Å². The molecule has 0 saturated heterocycles. The Kier molecular flexibility index (Phi) is 8.98. The van der Waals surface area contributed by atoms with Gasteiger partial charge >= 0.3 is 0 Å². The Morgan fingerprint density at radius 3 is 1.06 bits per heavy atom. The molecule has 2 nitrogen and oxygen atoms in total. The fourth-order valence-corrected chi connectivity index (χ4v) is 10.2. The van der Waals surface area contributed by atoms with E-state index in [0.29, 0.717) is 0 Å². The van der Waals surface area contributed by atoms with Crippen LogP contribution < -0.4 is 9.80 Å². The maximum atomic E-state index is 2.50. The first-order valence-corrected chi connectivity index (χ1v) is 22.2. The van der Waals surface area contributed by atoms with Gasteiger partial charge in [-0.2, -0.15) is 0 Å². The molecule has 64 heavy (non-hydrogen) atoms. The molecular weight excluding hydrogens is 773 g/mol. The highest BCUT2D eigenvalue weighted by molar-refractivity contribution is 6.29. The predicted octanol–water partition coefficient (Wildman–Crippen LogP) is 17.8. The molecule has 0 bridgehead atoms. The van der Waals surface area contributed by atoms with E-state index >= 15 is 0 Å². The van der Waals surface area contributed by atoms with Crippen molar-refractivity contribution in [2.45, 2.75) is 13.8 Å². The number of nitrogens with zero attached hydrogens (tertiary/aromatic N) is 2. The Hall–Kier alpha value is -8.20. The lowest BCUT2D eigenvalue weighted by Crippen LogP contribution is -2.13. The molecule has 0 amide bonds. The molecule has 0 aromatic heterocycles. The average molecular weight is 817 g/mol. The topological polar surface area (TPSA) is 6.48 Å². The lowest BCUT2D eigenvalue weighted by Gasteiger charge is -2.31. The third-order valence-electron chi connectivity index (χ3n) is 13.2. The first-order chi connectivity index (χ1) is 31.6. The molecule has 0 spiro atoms. The zero-order valence-electron chi connectivity index (χ0n) is 35.8. The molecule has 0 saturated carbocycles. The summed E-state index contributed by atoms with van der Waals surface area (Å²) in [5, 5.41) is 12.4. The highest BCUT2D eigenvalue weighted by Crippen LogP contribution is 2.51. The summed E-state index contributed by atoms with van der Waals surface area (Å²) in [6, 6.07) is 84.6. The lowest BCUT2D eigenvalue weighted by atomic mass is 9.88. The molecule has 0 unspecified atom stereocenters. The van der Waals surface area contributed by atoms with E-state index in [0.717, 1.165) is 34.1 Å². The minimum atomic E-state index is 1.12. The molecule has 0 aliphatic heterocycles. The summed E-state index contributed by atoms with van der Waals surface area (Å²) in [5.41, 5.74) is 14.1. The van der Waals surface area contributed by atoms with Gasteiger partial charge in [0.05, 0.1) is 22.7 Å². The summed E-state index contributed by atoms with van der Waals surface area (Å²) in [5.74, 6) is 0. The molecule has 0 aliphatic carbocycles. The largest absolute Gasteiger partial charge is 0.309 e. The van der Waals surface area contributed by atoms with Crippen LogP contribution in [0.1, 0.15) is 11.1 Å². The fraction of sp³-hybridized carbons (Fsp3) is 0.0323. The Morgan fingerprint density at radius 1 is 0.250 bits per heavy atom. The number of aryl methyl sites for hydroxylation is 2. The summed E-state index contributed by atoms with van der Waals surface area (Å²) < 4.78 is 0. The predicted molar refractivity (Wildman–Crippen MR) is 275 cm³/mol. The standard InChI is InChI=1S/C62H44N2/c1-41-37-59(63(57-31-15-23-45-21-9-11-29-53(45)57)49-27-13-25-47(39-49)43-17-5-3-6-18-43)55-36-34-52-42(2)38-60(56-35-33-51(41)61(55)62(52)56)64(58-32-16-24-46-22-10-12-30-54(46)58)50-28-14-26-48(40-50)44-19-7-4-8-20-44/h3-40H,1-2H3. The summed E-state index contributed by atoms with van der Waals surface area (Å²) >= 11 is 0. The van der Waals surface area contributed by atoms with Crippen LogP contribution in [0.25, 0.3) is 76.1 Å². The molecule has 0 fully saturated rings. The van der Waals surface area contributed by atoms with E-state index < -0.39 is 0 Å². The molecular formula is C62H44N2. The van der Waals surface area contributed by atoms with E-state index in [2.05, 4.69) is 254 Å². The number of fused-ring (bicyclic) bond motifs is 2. The van der Waals surface area contributed by atoms with Crippen molar-refractivity contribution in [3.63, 3.8) is 0 Å². The SMILES string of the molecule is Cc1cc(N(c2cccc(-c3ccccc3)c2)c2cccc3ccccc23)c2ccc3c(C)cc(N(c4cccc(-c5ccccc5)c4)c4cccc5ccccc45)c4ccc1c2c34. The quantitative estimate of drug-likeness (QED) is 0.141. The third kappa shape index (κ3) is 6.18. The van der Waals surface area contributed by atoms with E-state index in [-0.39, 0.29) is 0 Å². The van der Waals surface area contributed by atoms with Gasteiger partial charge in [0, 0.05) is 32.9 Å². The Balaban J connectivity index is 1.15. The molecule has 12 rings (SSSR count). The normalized spacial score (nSPS) is 11.6. The van der Waals surface area contributed by atoms with Crippen molar-refractivity contribution >= 4 is 88.0 Å². The van der Waals surface area contributed by atoms with Gasteiger partial charge in [0.15, 0.2) is 0 Å². The van der Waals surface area contributed by atoms with Crippen LogP contribution >= 0.6 is 0 Å². The van der Waals surface area contributed by atoms with Gasteiger partial charge in [0.25, 0.3) is 0 Å². The maximum Gasteiger partial charge on any atom is 0.0543 e. The van der Waals surface area contributed by atoms with Crippen molar-refractivity contribution in [3.05, 3.63) is 242 Å². The highest BCUT2D eigenvalue weighted by atomic mass is 15.2. The van der Waals surface area contributed by atoms with Gasteiger partial charge in [-0.1, -0.05) is 182 Å². The van der Waals surface area contributed by atoms with Crippen molar-refractivity contribution in [2.24, 2.45) is 0 Å². The van der Waals surface area contributed by atoms with E-state index in [1.807, 2.05) is 0 Å². The molecule has 2 heteroatoms. The summed E-state index contributed by atoms with van der Waals surface area (Å²) in [7, 11) is 0. The summed E-state index contributed by atoms with van der Waals surface area (Å²) in [6.45, 7) is 4.56. The highest BCUT2D eigenvalue weighted by Gasteiger charge is 2.25. The van der Waals surface area contributed by atoms with E-state index in [9.17, 15) is 0 Å². The molecule has 12 aromatic rings. The van der Waals surface area contributed by atoms with Crippen molar-refractivity contribution < 1.29 is 0 Å². The van der Waals surface area contributed by atoms with Gasteiger partial charge in [0.1, 0.15) is 0 Å². The van der Waals surface area contributed by atoms with Gasteiger partial charge < -0.3 is 9.80 Å². The average Bonchev–Trinajstić information content (AvgIpc) is 3.36. The van der Waals surface area contributed by atoms with Crippen molar-refractivity contribution in [1.29, 1.82) is 0 Å². The molecule has 0 N–H and O–H groups in total. The summed E-state index contributed by atoms with van der Waals surface area (Å²) in [4.78, 5) is 5.00. The first kappa shape index (κ1) is 37.6. The maximum absolute atomic E-state index is 2.50.